The summed E-state index contributed by atoms with van der Waals surface area (Å²) in [6.45, 7) is 0.537. The molecule has 0 bridgehead atoms. The first-order valence-electron chi connectivity index (χ1n) is 7.09. The molecule has 2 heterocycles. The fourth-order valence-corrected chi connectivity index (χ4v) is 3.78. The average molecular weight is 289 g/mol. The lowest BCUT2D eigenvalue weighted by Gasteiger charge is -2.01. The van der Waals surface area contributed by atoms with Gasteiger partial charge < -0.3 is 5.32 Å². The molecule has 0 unspecified atom stereocenters. The predicted octanol–water partition coefficient (Wildman–Crippen LogP) is 2.68. The molecule has 2 aromatic heterocycles. The molecule has 1 amide bonds. The number of nitrogens with one attached hydrogen (secondary N) is 1. The van der Waals surface area contributed by atoms with E-state index >= 15 is 0 Å². The Morgan fingerprint density at radius 3 is 3.05 bits per heavy atom. The van der Waals surface area contributed by atoms with E-state index < -0.39 is 0 Å². The van der Waals surface area contributed by atoms with Crippen LogP contribution in [0.1, 0.15) is 44.9 Å². The minimum absolute atomic E-state index is 0.0342. The van der Waals surface area contributed by atoms with Gasteiger partial charge in [-0.3, -0.25) is 9.48 Å². The zero-order chi connectivity index (χ0) is 13.9. The first-order valence-corrected chi connectivity index (χ1v) is 7.91. The van der Waals surface area contributed by atoms with Crippen LogP contribution < -0.4 is 5.32 Å². The molecular formula is C15H19N3OS. The van der Waals surface area contributed by atoms with Gasteiger partial charge in [0.1, 0.15) is 0 Å². The van der Waals surface area contributed by atoms with E-state index in [4.69, 9.17) is 0 Å². The summed E-state index contributed by atoms with van der Waals surface area (Å²) < 4.78 is 1.74. The van der Waals surface area contributed by atoms with Crippen molar-refractivity contribution >= 4 is 17.2 Å². The van der Waals surface area contributed by atoms with Crippen LogP contribution in [0.5, 0.6) is 0 Å². The van der Waals surface area contributed by atoms with Crippen LogP contribution in [0.3, 0.4) is 0 Å². The summed E-state index contributed by atoms with van der Waals surface area (Å²) in [4.78, 5) is 14.5. The fourth-order valence-electron chi connectivity index (χ4n) is 2.61. The Morgan fingerprint density at radius 2 is 2.25 bits per heavy atom. The minimum atomic E-state index is 0.0342. The van der Waals surface area contributed by atoms with Gasteiger partial charge >= 0.3 is 0 Å². The Hall–Kier alpha value is -1.62. The number of amides is 1. The number of carbonyl (C=O) groups is 1. The molecule has 20 heavy (non-hydrogen) atoms. The van der Waals surface area contributed by atoms with E-state index in [0.29, 0.717) is 6.54 Å². The van der Waals surface area contributed by atoms with Gasteiger partial charge in [-0.1, -0.05) is 6.42 Å². The quantitative estimate of drug-likeness (QED) is 0.883. The monoisotopic (exact) mass is 289 g/mol. The molecule has 0 atom stereocenters. The number of hydrogen-bond donors (Lipinski definition) is 1. The van der Waals surface area contributed by atoms with Crippen molar-refractivity contribution in [3.63, 3.8) is 0 Å². The molecule has 0 fully saturated rings. The van der Waals surface area contributed by atoms with Crippen molar-refractivity contribution in [3.8, 4) is 0 Å². The molecule has 1 N–H and O–H groups in total. The third-order valence-corrected chi connectivity index (χ3v) is 4.92. The Bertz CT molecular complexity index is 591. The predicted molar refractivity (Wildman–Crippen MR) is 80.0 cm³/mol. The zero-order valence-corrected chi connectivity index (χ0v) is 12.5. The maximum absolute atomic E-state index is 12.2. The lowest BCUT2D eigenvalue weighted by Crippen LogP contribution is -2.21. The van der Waals surface area contributed by atoms with Crippen LogP contribution in [0.25, 0.3) is 0 Å². The molecule has 0 saturated carbocycles. The number of nitrogens with zero attached hydrogens (tertiary/aromatic N) is 2. The van der Waals surface area contributed by atoms with Crippen LogP contribution in [0, 0.1) is 0 Å². The molecule has 0 aromatic carbocycles. The summed E-state index contributed by atoms with van der Waals surface area (Å²) in [5, 5.41) is 7.07. The molecule has 0 aliphatic heterocycles. The summed E-state index contributed by atoms with van der Waals surface area (Å²) in [6, 6.07) is 2.09. The third-order valence-electron chi connectivity index (χ3n) is 3.68. The number of fused-ring (bicyclic) bond motifs is 1. The highest BCUT2D eigenvalue weighted by Crippen LogP contribution is 2.28. The first-order chi connectivity index (χ1) is 9.72. The van der Waals surface area contributed by atoms with Crippen molar-refractivity contribution < 1.29 is 4.79 Å². The molecule has 4 nitrogen and oxygen atoms in total. The molecule has 5 heteroatoms. The van der Waals surface area contributed by atoms with E-state index in [1.807, 2.05) is 13.2 Å². The number of hydrogen-bond acceptors (Lipinski definition) is 3. The van der Waals surface area contributed by atoms with Crippen molar-refractivity contribution in [2.45, 2.75) is 38.6 Å². The average Bonchev–Trinajstić information content (AvgIpc) is 2.97. The summed E-state index contributed by atoms with van der Waals surface area (Å²) in [5.41, 5.74) is 2.41. The van der Waals surface area contributed by atoms with Crippen LogP contribution in [-0.2, 0) is 26.4 Å². The third kappa shape index (κ3) is 2.93. The topological polar surface area (TPSA) is 46.9 Å². The smallest absolute Gasteiger partial charge is 0.261 e. The van der Waals surface area contributed by atoms with Gasteiger partial charge in [0.25, 0.3) is 5.91 Å². The van der Waals surface area contributed by atoms with Crippen LogP contribution in [-0.4, -0.2) is 15.7 Å². The van der Waals surface area contributed by atoms with Gasteiger partial charge in [0.2, 0.25) is 0 Å². The van der Waals surface area contributed by atoms with Gasteiger partial charge in [0.15, 0.2) is 0 Å². The van der Waals surface area contributed by atoms with Gasteiger partial charge in [-0.05, 0) is 37.3 Å². The zero-order valence-electron chi connectivity index (χ0n) is 11.7. The van der Waals surface area contributed by atoms with E-state index in [-0.39, 0.29) is 5.91 Å². The van der Waals surface area contributed by atoms with Crippen molar-refractivity contribution in [2.24, 2.45) is 7.05 Å². The van der Waals surface area contributed by atoms with E-state index in [1.165, 1.54) is 29.7 Å². The molecule has 106 valence electrons. The number of aromatic nitrogens is 2. The summed E-state index contributed by atoms with van der Waals surface area (Å²) in [5.74, 6) is 0.0342. The number of thiophene rings is 1. The SMILES string of the molecule is Cn1cc(CNC(=O)c2cc3c(s2)CCCCC3)cn1. The Kier molecular flexibility index (Phi) is 3.87. The molecule has 2 aromatic rings. The lowest BCUT2D eigenvalue weighted by molar-refractivity contribution is 0.0955. The van der Waals surface area contributed by atoms with E-state index in [2.05, 4.69) is 16.5 Å². The van der Waals surface area contributed by atoms with Crippen molar-refractivity contribution in [1.82, 2.24) is 15.1 Å². The van der Waals surface area contributed by atoms with E-state index in [1.54, 1.807) is 22.2 Å². The second kappa shape index (κ2) is 5.79. The standard InChI is InChI=1S/C15H19N3OS/c1-18-10-11(9-17-18)8-16-15(19)14-7-12-5-3-2-4-6-13(12)20-14/h7,9-10H,2-6,8H2,1H3,(H,16,19). The second-order valence-electron chi connectivity index (χ2n) is 5.32. The molecule has 1 aliphatic carbocycles. The lowest BCUT2D eigenvalue weighted by atomic mass is 10.1. The summed E-state index contributed by atoms with van der Waals surface area (Å²) in [7, 11) is 1.88. The van der Waals surface area contributed by atoms with Crippen molar-refractivity contribution in [1.29, 1.82) is 0 Å². The highest BCUT2D eigenvalue weighted by molar-refractivity contribution is 7.14. The van der Waals surface area contributed by atoms with Crippen molar-refractivity contribution in [2.75, 3.05) is 0 Å². The van der Waals surface area contributed by atoms with Gasteiger partial charge in [0.05, 0.1) is 11.1 Å². The van der Waals surface area contributed by atoms with E-state index in [0.717, 1.165) is 23.3 Å². The van der Waals surface area contributed by atoms with Crippen molar-refractivity contribution in [3.05, 3.63) is 39.3 Å². The molecule has 0 saturated heterocycles. The van der Waals surface area contributed by atoms with Crippen LogP contribution in [0.2, 0.25) is 0 Å². The second-order valence-corrected chi connectivity index (χ2v) is 6.46. The van der Waals surface area contributed by atoms with Gasteiger partial charge in [0, 0.05) is 30.2 Å². The molecular weight excluding hydrogens is 270 g/mol. The van der Waals surface area contributed by atoms with Gasteiger partial charge in [-0.15, -0.1) is 11.3 Å². The van der Waals surface area contributed by atoms with Gasteiger partial charge in [-0.25, -0.2) is 0 Å². The highest BCUT2D eigenvalue weighted by Gasteiger charge is 2.16. The normalized spacial score (nSPS) is 14.7. The van der Waals surface area contributed by atoms with Crippen LogP contribution >= 0.6 is 11.3 Å². The molecule has 1 aliphatic rings. The van der Waals surface area contributed by atoms with Gasteiger partial charge in [-0.2, -0.15) is 5.10 Å². The Balaban J connectivity index is 1.65. The number of carbonyl (C=O) groups excluding carboxylic acids is 1. The number of aryl methyl sites for hydroxylation is 3. The maximum Gasteiger partial charge on any atom is 0.261 e. The van der Waals surface area contributed by atoms with E-state index in [9.17, 15) is 4.79 Å². The molecule has 3 rings (SSSR count). The Labute approximate surface area is 122 Å². The molecule has 0 radical (unpaired) electrons. The number of rotatable bonds is 3. The van der Waals surface area contributed by atoms with Crippen LogP contribution in [0.15, 0.2) is 18.5 Å². The molecule has 0 spiro atoms. The first kappa shape index (κ1) is 13.4. The summed E-state index contributed by atoms with van der Waals surface area (Å²) >= 11 is 1.66. The largest absolute Gasteiger partial charge is 0.347 e. The Morgan fingerprint density at radius 1 is 1.40 bits per heavy atom. The maximum atomic E-state index is 12.2. The minimum Gasteiger partial charge on any atom is -0.347 e. The van der Waals surface area contributed by atoms with Crippen LogP contribution in [0.4, 0.5) is 0 Å². The fraction of sp³-hybridized carbons (Fsp3) is 0.467. The highest BCUT2D eigenvalue weighted by atomic mass is 32.1. The summed E-state index contributed by atoms with van der Waals surface area (Å²) in [6.07, 6.45) is 9.78.